The molecule has 20 heavy (non-hydrogen) atoms. The molecule has 0 spiro atoms. The zero-order chi connectivity index (χ0) is 14.7. The third-order valence-electron chi connectivity index (χ3n) is 4.18. The Bertz CT molecular complexity index is 493. The Morgan fingerprint density at radius 1 is 1.50 bits per heavy atom. The first-order chi connectivity index (χ1) is 9.58. The van der Waals surface area contributed by atoms with Gasteiger partial charge in [-0.25, -0.2) is 0 Å². The van der Waals surface area contributed by atoms with E-state index in [4.69, 9.17) is 10.5 Å². The minimum absolute atomic E-state index is 0.0783. The number of benzene rings is 1. The van der Waals surface area contributed by atoms with E-state index in [1.165, 1.54) is 13.2 Å². The lowest BCUT2D eigenvalue weighted by molar-refractivity contribution is -0.384. The number of rotatable bonds is 5. The second-order valence-electron chi connectivity index (χ2n) is 5.22. The molecular formula is C14H21N3O3. The van der Waals surface area contributed by atoms with Crippen molar-refractivity contribution in [3.05, 3.63) is 28.3 Å². The summed E-state index contributed by atoms with van der Waals surface area (Å²) >= 11 is 0. The summed E-state index contributed by atoms with van der Waals surface area (Å²) in [4.78, 5) is 12.9. The number of nitrogens with two attached hydrogens (primary N) is 1. The Morgan fingerprint density at radius 3 is 2.85 bits per heavy atom. The Morgan fingerprint density at radius 2 is 2.25 bits per heavy atom. The van der Waals surface area contributed by atoms with E-state index in [-0.39, 0.29) is 16.7 Å². The van der Waals surface area contributed by atoms with Crippen LogP contribution in [0.1, 0.15) is 19.3 Å². The molecule has 1 aromatic rings. The fourth-order valence-corrected chi connectivity index (χ4v) is 3.06. The van der Waals surface area contributed by atoms with E-state index < -0.39 is 0 Å². The van der Waals surface area contributed by atoms with Crippen LogP contribution in [0.3, 0.4) is 0 Å². The predicted molar refractivity (Wildman–Crippen MR) is 78.2 cm³/mol. The molecule has 1 fully saturated rings. The van der Waals surface area contributed by atoms with Gasteiger partial charge in [0.15, 0.2) is 0 Å². The van der Waals surface area contributed by atoms with Crippen LogP contribution < -0.4 is 15.4 Å². The second-order valence-corrected chi connectivity index (χ2v) is 5.22. The van der Waals surface area contributed by atoms with Gasteiger partial charge in [0.2, 0.25) is 0 Å². The molecule has 6 heteroatoms. The lowest BCUT2D eigenvalue weighted by atomic mass is 10.0. The molecule has 2 rings (SSSR count). The maximum absolute atomic E-state index is 11.3. The highest BCUT2D eigenvalue weighted by Crippen LogP contribution is 2.37. The molecule has 0 radical (unpaired) electrons. The Labute approximate surface area is 118 Å². The number of hydrogen-bond acceptors (Lipinski definition) is 5. The summed E-state index contributed by atoms with van der Waals surface area (Å²) in [7, 11) is 3.41. The van der Waals surface area contributed by atoms with Crippen LogP contribution in [-0.2, 0) is 0 Å². The lowest BCUT2D eigenvalue weighted by Crippen LogP contribution is -2.38. The van der Waals surface area contributed by atoms with Gasteiger partial charge in [-0.05, 0) is 37.4 Å². The molecular weight excluding hydrogens is 258 g/mol. The van der Waals surface area contributed by atoms with Crippen LogP contribution in [-0.4, -0.2) is 31.7 Å². The number of anilines is 1. The fourth-order valence-electron chi connectivity index (χ4n) is 3.06. The van der Waals surface area contributed by atoms with Crippen LogP contribution in [0.15, 0.2) is 18.2 Å². The zero-order valence-electron chi connectivity index (χ0n) is 11.9. The van der Waals surface area contributed by atoms with Crippen LogP contribution in [0.25, 0.3) is 0 Å². The minimum atomic E-state index is -0.360. The molecule has 1 aliphatic carbocycles. The van der Waals surface area contributed by atoms with Crippen LogP contribution in [0.2, 0.25) is 0 Å². The number of methoxy groups -OCH3 is 1. The molecule has 6 nitrogen and oxygen atoms in total. The van der Waals surface area contributed by atoms with E-state index in [9.17, 15) is 10.1 Å². The van der Waals surface area contributed by atoms with Gasteiger partial charge in [-0.15, -0.1) is 0 Å². The van der Waals surface area contributed by atoms with Gasteiger partial charge in [-0.3, -0.25) is 10.1 Å². The summed E-state index contributed by atoms with van der Waals surface area (Å²) in [5, 5.41) is 11.3. The number of ether oxygens (including phenoxy) is 1. The standard InChI is InChI=1S/C14H21N3O3/c1-16(12-5-3-4-10(12)9-15)13-7-6-11(20-2)8-14(13)17(18)19/h6-8,10,12H,3-5,9,15H2,1-2H3. The third-order valence-corrected chi connectivity index (χ3v) is 4.18. The normalized spacial score (nSPS) is 21.8. The van der Waals surface area contributed by atoms with Gasteiger partial charge in [0, 0.05) is 13.1 Å². The highest BCUT2D eigenvalue weighted by Gasteiger charge is 2.32. The SMILES string of the molecule is COc1ccc(N(C)C2CCCC2CN)c([N+](=O)[O-])c1. The average molecular weight is 279 g/mol. The first-order valence-electron chi connectivity index (χ1n) is 6.83. The van der Waals surface area contributed by atoms with E-state index in [2.05, 4.69) is 0 Å². The van der Waals surface area contributed by atoms with Crippen molar-refractivity contribution in [3.8, 4) is 5.75 Å². The van der Waals surface area contributed by atoms with E-state index in [1.54, 1.807) is 12.1 Å². The molecule has 0 bridgehead atoms. The van der Waals surface area contributed by atoms with Crippen molar-refractivity contribution in [2.45, 2.75) is 25.3 Å². The summed E-state index contributed by atoms with van der Waals surface area (Å²) in [5.74, 6) is 0.900. The molecule has 2 N–H and O–H groups in total. The topological polar surface area (TPSA) is 81.6 Å². The second kappa shape index (κ2) is 6.09. The number of nitro benzene ring substituents is 1. The molecule has 2 atom stereocenters. The van der Waals surface area contributed by atoms with Gasteiger partial charge in [-0.2, -0.15) is 0 Å². The van der Waals surface area contributed by atoms with Gasteiger partial charge in [0.1, 0.15) is 11.4 Å². The summed E-state index contributed by atoms with van der Waals surface area (Å²) in [6.45, 7) is 0.624. The molecule has 0 aliphatic heterocycles. The van der Waals surface area contributed by atoms with Crippen LogP contribution in [0.4, 0.5) is 11.4 Å². The van der Waals surface area contributed by atoms with Gasteiger partial charge < -0.3 is 15.4 Å². The predicted octanol–water partition coefficient (Wildman–Crippen LogP) is 2.17. The first kappa shape index (κ1) is 14.6. The van der Waals surface area contributed by atoms with E-state index in [0.29, 0.717) is 23.9 Å². The quantitative estimate of drug-likeness (QED) is 0.660. The molecule has 1 saturated carbocycles. The van der Waals surface area contributed by atoms with Crippen molar-refractivity contribution in [3.63, 3.8) is 0 Å². The van der Waals surface area contributed by atoms with Gasteiger partial charge in [0.05, 0.1) is 18.1 Å². The summed E-state index contributed by atoms with van der Waals surface area (Å²) < 4.78 is 5.06. The van der Waals surface area contributed by atoms with Gasteiger partial charge in [0.25, 0.3) is 5.69 Å². The molecule has 110 valence electrons. The largest absolute Gasteiger partial charge is 0.496 e. The summed E-state index contributed by atoms with van der Waals surface area (Å²) in [5.41, 5.74) is 6.51. The highest BCUT2D eigenvalue weighted by molar-refractivity contribution is 5.65. The van der Waals surface area contributed by atoms with Crippen molar-refractivity contribution >= 4 is 11.4 Å². The maximum Gasteiger partial charge on any atom is 0.296 e. The van der Waals surface area contributed by atoms with Crippen molar-refractivity contribution in [2.24, 2.45) is 11.7 Å². The van der Waals surface area contributed by atoms with Crippen molar-refractivity contribution in [2.75, 3.05) is 25.6 Å². The molecule has 0 amide bonds. The fraction of sp³-hybridized carbons (Fsp3) is 0.571. The first-order valence-corrected chi connectivity index (χ1v) is 6.83. The van der Waals surface area contributed by atoms with E-state index in [1.807, 2.05) is 11.9 Å². The third kappa shape index (κ3) is 2.70. The lowest BCUT2D eigenvalue weighted by Gasteiger charge is -2.30. The van der Waals surface area contributed by atoms with Crippen molar-refractivity contribution < 1.29 is 9.66 Å². The van der Waals surface area contributed by atoms with E-state index >= 15 is 0 Å². The van der Waals surface area contributed by atoms with Crippen molar-refractivity contribution in [1.82, 2.24) is 0 Å². The highest BCUT2D eigenvalue weighted by atomic mass is 16.6. The average Bonchev–Trinajstić information content (AvgIpc) is 2.94. The Hall–Kier alpha value is -1.82. The summed E-state index contributed by atoms with van der Waals surface area (Å²) in [6, 6.07) is 5.25. The van der Waals surface area contributed by atoms with Crippen LogP contribution >= 0.6 is 0 Å². The number of nitrogens with zero attached hydrogens (tertiary/aromatic N) is 2. The molecule has 1 aliphatic rings. The number of nitro groups is 1. The minimum Gasteiger partial charge on any atom is -0.496 e. The molecule has 0 aromatic heterocycles. The molecule has 0 saturated heterocycles. The van der Waals surface area contributed by atoms with Crippen molar-refractivity contribution in [1.29, 1.82) is 0 Å². The summed E-state index contributed by atoms with van der Waals surface area (Å²) in [6.07, 6.45) is 3.25. The molecule has 0 heterocycles. The van der Waals surface area contributed by atoms with Gasteiger partial charge in [-0.1, -0.05) is 6.42 Å². The monoisotopic (exact) mass is 279 g/mol. The van der Waals surface area contributed by atoms with Crippen LogP contribution in [0, 0.1) is 16.0 Å². The van der Waals surface area contributed by atoms with Crippen LogP contribution in [0.5, 0.6) is 5.75 Å². The molecule has 2 unspecified atom stereocenters. The van der Waals surface area contributed by atoms with Gasteiger partial charge >= 0.3 is 0 Å². The smallest absolute Gasteiger partial charge is 0.296 e. The maximum atomic E-state index is 11.3. The zero-order valence-corrected chi connectivity index (χ0v) is 11.9. The van der Waals surface area contributed by atoms with E-state index in [0.717, 1.165) is 19.3 Å². The Balaban J connectivity index is 2.33. The molecule has 1 aromatic carbocycles. The Kier molecular flexibility index (Phi) is 4.44. The number of hydrogen-bond donors (Lipinski definition) is 1.